The van der Waals surface area contributed by atoms with E-state index in [2.05, 4.69) is 189 Å². The van der Waals surface area contributed by atoms with Crippen LogP contribution in [0.3, 0.4) is 0 Å². The number of para-hydroxylation sites is 2. The fourth-order valence-electron chi connectivity index (χ4n) is 13.5. The second kappa shape index (κ2) is 12.5. The lowest BCUT2D eigenvalue weighted by Gasteiger charge is -2.51. The zero-order valence-corrected chi connectivity index (χ0v) is 36.6. The Labute approximate surface area is 371 Å². The standard InChI is InChI=1S/C60H49BN2/c1-5-7-18-36-30-31-51-42(32-36)43-33-37(19-8-6-2)34-50-58(43)62(51)53-35-49-54(40-22-11-12-24-44(40)59(49,3)4)55-41-23-17-28-48-57(41)63(61(50)56(53)55)52-29-16-15-27-47(52)60(48)45-25-13-9-20-38(45)39-21-10-14-26-46(39)60/h9-17,20-35H,5-8,18-19H2,1-4H3. The van der Waals surface area contributed by atoms with Gasteiger partial charge in [0.05, 0.1) is 16.4 Å². The van der Waals surface area contributed by atoms with Crippen LogP contribution in [0.25, 0.3) is 60.9 Å². The molecule has 3 heteroatoms. The molecule has 14 rings (SSSR count). The summed E-state index contributed by atoms with van der Waals surface area (Å²) in [5.41, 5.74) is 28.5. The fourth-order valence-corrected chi connectivity index (χ4v) is 13.5. The molecule has 0 saturated heterocycles. The highest BCUT2D eigenvalue weighted by Gasteiger charge is 2.57. The molecule has 8 aromatic carbocycles. The molecule has 2 aliphatic carbocycles. The summed E-state index contributed by atoms with van der Waals surface area (Å²) in [5.74, 6) is 0. The average Bonchev–Trinajstić information content (AvgIpc) is 3.89. The fraction of sp³-hybridized carbons (Fsp3) is 0.200. The Balaban J connectivity index is 1.19. The van der Waals surface area contributed by atoms with Crippen molar-refractivity contribution in [2.75, 3.05) is 4.81 Å². The Hall–Kier alpha value is -6.58. The Bertz CT molecular complexity index is 3450. The SMILES string of the molecule is CCCCc1ccc2c(c1)c1cc(CCCC)cc3c1n2-c1cc2c(c4c1B3N1c3ccccc3C3(c5ccccc5-c5ccccc53)c3cccc-4c31)-c1ccccc1C2(C)C. The highest BCUT2D eigenvalue weighted by atomic mass is 15.1. The van der Waals surface area contributed by atoms with Crippen LogP contribution in [0.5, 0.6) is 0 Å². The number of aryl methyl sites for hydroxylation is 2. The lowest BCUT2D eigenvalue weighted by atomic mass is 9.42. The third-order valence-corrected chi connectivity index (χ3v) is 16.1. The molecule has 0 bridgehead atoms. The molecule has 1 spiro atoms. The molecule has 1 aromatic heterocycles. The summed E-state index contributed by atoms with van der Waals surface area (Å²) in [4.78, 5) is 2.82. The summed E-state index contributed by atoms with van der Waals surface area (Å²) >= 11 is 0. The smallest absolute Gasteiger partial charge is 0.333 e. The topological polar surface area (TPSA) is 8.17 Å². The van der Waals surface area contributed by atoms with Gasteiger partial charge in [-0.1, -0.05) is 162 Å². The van der Waals surface area contributed by atoms with Crippen molar-refractivity contribution < 1.29 is 0 Å². The lowest BCUT2D eigenvalue weighted by molar-refractivity contribution is 0.660. The number of nitrogens with zero attached hydrogens (tertiary/aromatic N) is 2. The minimum atomic E-state index is -0.474. The van der Waals surface area contributed by atoms with Crippen molar-refractivity contribution in [3.8, 4) is 39.1 Å². The van der Waals surface area contributed by atoms with Gasteiger partial charge in [-0.2, -0.15) is 0 Å². The molecular formula is C60H49BN2. The molecule has 4 heterocycles. The van der Waals surface area contributed by atoms with Crippen LogP contribution in [0.1, 0.15) is 97.9 Å². The number of rotatable bonds is 6. The Morgan fingerprint density at radius 1 is 0.492 bits per heavy atom. The largest absolute Gasteiger partial charge is 0.376 e. The Morgan fingerprint density at radius 3 is 1.86 bits per heavy atom. The third-order valence-electron chi connectivity index (χ3n) is 16.1. The van der Waals surface area contributed by atoms with E-state index in [1.807, 2.05) is 0 Å². The maximum atomic E-state index is 2.82. The number of fused-ring (bicyclic) bond motifs is 20. The highest BCUT2D eigenvalue weighted by Crippen LogP contribution is 2.66. The minimum Gasteiger partial charge on any atom is -0.376 e. The van der Waals surface area contributed by atoms with Crippen molar-refractivity contribution in [3.63, 3.8) is 0 Å². The molecule has 63 heavy (non-hydrogen) atoms. The monoisotopic (exact) mass is 808 g/mol. The van der Waals surface area contributed by atoms with E-state index < -0.39 is 5.41 Å². The second-order valence-electron chi connectivity index (χ2n) is 19.6. The zero-order valence-electron chi connectivity index (χ0n) is 36.6. The van der Waals surface area contributed by atoms with Gasteiger partial charge in [0, 0.05) is 38.8 Å². The number of hydrogen-bond donors (Lipinski definition) is 0. The number of hydrogen-bond acceptors (Lipinski definition) is 1. The first kappa shape index (κ1) is 36.0. The highest BCUT2D eigenvalue weighted by molar-refractivity contribution is 6.94. The van der Waals surface area contributed by atoms with Gasteiger partial charge in [0.25, 0.3) is 0 Å². The molecule has 0 atom stereocenters. The first-order valence-electron chi connectivity index (χ1n) is 23.6. The molecule has 0 amide bonds. The first-order chi connectivity index (χ1) is 31.0. The van der Waals surface area contributed by atoms with E-state index in [9.17, 15) is 0 Å². The predicted octanol–water partition coefficient (Wildman–Crippen LogP) is 13.7. The van der Waals surface area contributed by atoms with Crippen molar-refractivity contribution in [1.29, 1.82) is 0 Å². The van der Waals surface area contributed by atoms with Crippen LogP contribution in [0.2, 0.25) is 0 Å². The summed E-state index contributed by atoms with van der Waals surface area (Å²) in [6.07, 6.45) is 6.95. The van der Waals surface area contributed by atoms with Crippen LogP contribution < -0.4 is 15.7 Å². The Kier molecular flexibility index (Phi) is 7.16. The number of aromatic nitrogens is 1. The van der Waals surface area contributed by atoms with Crippen LogP contribution >= 0.6 is 0 Å². The van der Waals surface area contributed by atoms with Crippen molar-refractivity contribution in [3.05, 3.63) is 196 Å². The molecule has 0 fully saturated rings. The lowest BCUT2D eigenvalue weighted by Crippen LogP contribution is -2.62. The summed E-state index contributed by atoms with van der Waals surface area (Å²) in [5, 5.41) is 2.80. The van der Waals surface area contributed by atoms with Crippen molar-refractivity contribution in [2.24, 2.45) is 0 Å². The molecule has 302 valence electrons. The maximum absolute atomic E-state index is 2.82. The Morgan fingerprint density at radius 2 is 1.11 bits per heavy atom. The normalized spacial score (nSPS) is 15.6. The summed E-state index contributed by atoms with van der Waals surface area (Å²) < 4.78 is 2.71. The van der Waals surface area contributed by atoms with Gasteiger partial charge in [-0.15, -0.1) is 0 Å². The zero-order chi connectivity index (χ0) is 41.9. The van der Waals surface area contributed by atoms with Crippen LogP contribution in [-0.4, -0.2) is 11.4 Å². The first-order valence-corrected chi connectivity index (χ1v) is 23.6. The van der Waals surface area contributed by atoms with Gasteiger partial charge >= 0.3 is 6.85 Å². The van der Waals surface area contributed by atoms with Crippen LogP contribution in [0.15, 0.2) is 152 Å². The van der Waals surface area contributed by atoms with Crippen LogP contribution in [-0.2, 0) is 23.7 Å². The average molecular weight is 809 g/mol. The van der Waals surface area contributed by atoms with Crippen molar-refractivity contribution in [1.82, 2.24) is 4.57 Å². The van der Waals surface area contributed by atoms with Gasteiger partial charge in [0.1, 0.15) is 0 Å². The number of anilines is 2. The number of unbranched alkanes of at least 4 members (excludes halogenated alkanes) is 2. The maximum Gasteiger partial charge on any atom is 0.333 e. The molecule has 2 nitrogen and oxygen atoms in total. The predicted molar refractivity (Wildman–Crippen MR) is 265 cm³/mol. The van der Waals surface area contributed by atoms with Gasteiger partial charge in [0.15, 0.2) is 0 Å². The molecule has 0 saturated carbocycles. The van der Waals surface area contributed by atoms with Gasteiger partial charge in [0.2, 0.25) is 0 Å². The van der Waals surface area contributed by atoms with Crippen molar-refractivity contribution in [2.45, 2.75) is 77.0 Å². The van der Waals surface area contributed by atoms with E-state index >= 15 is 0 Å². The molecule has 0 unspecified atom stereocenters. The minimum absolute atomic E-state index is 0.0318. The second-order valence-corrected chi connectivity index (χ2v) is 19.6. The van der Waals surface area contributed by atoms with Crippen LogP contribution in [0.4, 0.5) is 11.4 Å². The van der Waals surface area contributed by atoms with Crippen LogP contribution in [0, 0.1) is 0 Å². The quantitative estimate of drug-likeness (QED) is 0.152. The summed E-state index contributed by atoms with van der Waals surface area (Å²) in [7, 11) is 0. The van der Waals surface area contributed by atoms with E-state index in [4.69, 9.17) is 0 Å². The molecular weight excluding hydrogens is 759 g/mol. The van der Waals surface area contributed by atoms with E-state index in [1.54, 1.807) is 0 Å². The van der Waals surface area contributed by atoms with Gasteiger partial charge in [-0.25, -0.2) is 0 Å². The summed E-state index contributed by atoms with van der Waals surface area (Å²) in [6, 6.07) is 59.9. The van der Waals surface area contributed by atoms with E-state index in [1.165, 1.54) is 153 Å². The summed E-state index contributed by atoms with van der Waals surface area (Å²) in [6.45, 7) is 9.53. The molecule has 0 N–H and O–H groups in total. The molecule has 5 aliphatic rings. The third kappa shape index (κ3) is 4.27. The van der Waals surface area contributed by atoms with Crippen molar-refractivity contribution >= 4 is 51.0 Å². The van der Waals surface area contributed by atoms with E-state index in [0.717, 1.165) is 12.8 Å². The van der Waals surface area contributed by atoms with E-state index in [0.29, 0.717) is 0 Å². The van der Waals surface area contributed by atoms with Gasteiger partial charge < -0.3 is 9.38 Å². The number of benzene rings is 8. The van der Waals surface area contributed by atoms with E-state index in [-0.39, 0.29) is 12.3 Å². The van der Waals surface area contributed by atoms with Gasteiger partial charge in [-0.05, 0) is 139 Å². The molecule has 0 radical (unpaired) electrons. The molecule has 3 aliphatic heterocycles. The molecule has 9 aromatic rings. The van der Waals surface area contributed by atoms with Gasteiger partial charge in [-0.3, -0.25) is 0 Å².